The fourth-order valence-electron chi connectivity index (χ4n) is 2.81. The van der Waals surface area contributed by atoms with Crippen molar-refractivity contribution in [3.8, 4) is 28.0 Å². The van der Waals surface area contributed by atoms with Crippen molar-refractivity contribution in [1.82, 2.24) is 0 Å². The first kappa shape index (κ1) is 14.4. The van der Waals surface area contributed by atoms with Gasteiger partial charge in [0.2, 0.25) is 0 Å². The van der Waals surface area contributed by atoms with E-state index < -0.39 is 0 Å². The van der Waals surface area contributed by atoms with Crippen LogP contribution in [0.3, 0.4) is 0 Å². The Morgan fingerprint density at radius 3 is 1.45 bits per heavy atom. The van der Waals surface area contributed by atoms with Crippen LogP contribution >= 0.6 is 0 Å². The molecule has 0 heterocycles. The van der Waals surface area contributed by atoms with Crippen LogP contribution in [0.15, 0.2) is 60.7 Å². The van der Waals surface area contributed by atoms with Gasteiger partial charge in [-0.05, 0) is 66.3 Å². The van der Waals surface area contributed by atoms with Crippen LogP contribution in [0, 0.1) is 20.8 Å². The molecular formula is C21H20O. The third-order valence-corrected chi connectivity index (χ3v) is 4.11. The molecule has 0 aromatic heterocycles. The molecule has 0 atom stereocenters. The summed E-state index contributed by atoms with van der Waals surface area (Å²) in [5, 5.41) is 9.44. The lowest BCUT2D eigenvalue weighted by atomic mass is 9.92. The van der Waals surface area contributed by atoms with Gasteiger partial charge in [-0.3, -0.25) is 0 Å². The van der Waals surface area contributed by atoms with Crippen molar-refractivity contribution in [2.75, 3.05) is 0 Å². The van der Waals surface area contributed by atoms with Gasteiger partial charge in [0, 0.05) is 0 Å². The lowest BCUT2D eigenvalue weighted by Crippen LogP contribution is -1.90. The Labute approximate surface area is 131 Å². The maximum Gasteiger partial charge on any atom is 0.115 e. The average Bonchev–Trinajstić information content (AvgIpc) is 2.51. The van der Waals surface area contributed by atoms with E-state index in [4.69, 9.17) is 0 Å². The standard InChI is InChI=1S/C21H20O/c1-14-4-6-17(7-5-14)20-12-16(3)21(13-15(20)2)18-8-10-19(22)11-9-18/h4-13,22H,1-3H3. The number of rotatable bonds is 2. The van der Waals surface area contributed by atoms with Gasteiger partial charge in [-0.25, -0.2) is 0 Å². The summed E-state index contributed by atoms with van der Waals surface area (Å²) in [5.74, 6) is 0.300. The summed E-state index contributed by atoms with van der Waals surface area (Å²) >= 11 is 0. The molecule has 0 fully saturated rings. The number of hydrogen-bond acceptors (Lipinski definition) is 1. The Hall–Kier alpha value is -2.54. The van der Waals surface area contributed by atoms with Crippen LogP contribution in [-0.4, -0.2) is 5.11 Å². The fourth-order valence-corrected chi connectivity index (χ4v) is 2.81. The van der Waals surface area contributed by atoms with Crippen LogP contribution in [0.4, 0.5) is 0 Å². The molecule has 0 saturated carbocycles. The van der Waals surface area contributed by atoms with Gasteiger partial charge >= 0.3 is 0 Å². The summed E-state index contributed by atoms with van der Waals surface area (Å²) in [7, 11) is 0. The van der Waals surface area contributed by atoms with E-state index in [-0.39, 0.29) is 0 Å². The van der Waals surface area contributed by atoms with Crippen molar-refractivity contribution < 1.29 is 5.11 Å². The summed E-state index contributed by atoms with van der Waals surface area (Å²) in [5.41, 5.74) is 8.66. The molecule has 0 radical (unpaired) electrons. The summed E-state index contributed by atoms with van der Waals surface area (Å²) in [4.78, 5) is 0. The van der Waals surface area contributed by atoms with Crippen LogP contribution in [0.5, 0.6) is 5.75 Å². The van der Waals surface area contributed by atoms with E-state index in [1.165, 1.54) is 33.4 Å². The van der Waals surface area contributed by atoms with Crippen molar-refractivity contribution in [2.45, 2.75) is 20.8 Å². The minimum absolute atomic E-state index is 0.300. The second-order valence-electron chi connectivity index (χ2n) is 5.89. The highest BCUT2D eigenvalue weighted by Crippen LogP contribution is 2.32. The van der Waals surface area contributed by atoms with Gasteiger partial charge in [0.15, 0.2) is 0 Å². The topological polar surface area (TPSA) is 20.2 Å². The normalized spacial score (nSPS) is 10.7. The van der Waals surface area contributed by atoms with E-state index in [1.54, 1.807) is 12.1 Å². The van der Waals surface area contributed by atoms with Crippen LogP contribution < -0.4 is 0 Å². The summed E-state index contributed by atoms with van der Waals surface area (Å²) in [6.07, 6.45) is 0. The number of benzene rings is 3. The van der Waals surface area contributed by atoms with Crippen LogP contribution in [0.25, 0.3) is 22.3 Å². The maximum absolute atomic E-state index is 9.44. The van der Waals surface area contributed by atoms with Crippen molar-refractivity contribution >= 4 is 0 Å². The maximum atomic E-state index is 9.44. The van der Waals surface area contributed by atoms with Crippen LogP contribution in [0.1, 0.15) is 16.7 Å². The zero-order valence-electron chi connectivity index (χ0n) is 13.2. The van der Waals surface area contributed by atoms with Gasteiger partial charge in [0.1, 0.15) is 5.75 Å². The molecule has 0 bridgehead atoms. The molecule has 3 aromatic rings. The molecule has 1 N–H and O–H groups in total. The minimum Gasteiger partial charge on any atom is -0.508 e. The molecule has 22 heavy (non-hydrogen) atoms. The lowest BCUT2D eigenvalue weighted by molar-refractivity contribution is 0.475. The molecule has 110 valence electrons. The van der Waals surface area contributed by atoms with Gasteiger partial charge in [0.25, 0.3) is 0 Å². The predicted molar refractivity (Wildman–Crippen MR) is 93.2 cm³/mol. The molecule has 0 spiro atoms. The van der Waals surface area contributed by atoms with E-state index in [2.05, 4.69) is 57.2 Å². The van der Waals surface area contributed by atoms with Crippen molar-refractivity contribution in [3.63, 3.8) is 0 Å². The SMILES string of the molecule is Cc1ccc(-c2cc(C)c(-c3ccc(O)cc3)cc2C)cc1. The Morgan fingerprint density at radius 1 is 0.591 bits per heavy atom. The number of phenols is 1. The Bertz CT molecular complexity index is 725. The van der Waals surface area contributed by atoms with Crippen molar-refractivity contribution in [2.24, 2.45) is 0 Å². The van der Waals surface area contributed by atoms with Gasteiger partial charge in [0.05, 0.1) is 0 Å². The third kappa shape index (κ3) is 2.75. The average molecular weight is 288 g/mol. The number of hydrogen-bond donors (Lipinski definition) is 1. The lowest BCUT2D eigenvalue weighted by Gasteiger charge is -2.13. The highest BCUT2D eigenvalue weighted by atomic mass is 16.3. The molecule has 3 rings (SSSR count). The first-order valence-corrected chi connectivity index (χ1v) is 7.52. The van der Waals surface area contributed by atoms with Crippen molar-refractivity contribution in [1.29, 1.82) is 0 Å². The van der Waals surface area contributed by atoms with Gasteiger partial charge in [-0.1, -0.05) is 54.1 Å². The highest BCUT2D eigenvalue weighted by molar-refractivity contribution is 5.76. The zero-order chi connectivity index (χ0) is 15.7. The molecule has 0 aliphatic rings. The molecule has 1 nitrogen and oxygen atoms in total. The number of phenolic OH excluding ortho intramolecular Hbond substituents is 1. The Morgan fingerprint density at radius 2 is 1.00 bits per heavy atom. The number of aryl methyl sites for hydroxylation is 3. The first-order valence-electron chi connectivity index (χ1n) is 7.52. The predicted octanol–water partition coefficient (Wildman–Crippen LogP) is 5.65. The Kier molecular flexibility index (Phi) is 3.72. The molecule has 0 saturated heterocycles. The van der Waals surface area contributed by atoms with Crippen LogP contribution in [-0.2, 0) is 0 Å². The minimum atomic E-state index is 0.300. The quantitative estimate of drug-likeness (QED) is 0.646. The largest absolute Gasteiger partial charge is 0.508 e. The molecule has 3 aromatic carbocycles. The van der Waals surface area contributed by atoms with E-state index in [0.29, 0.717) is 5.75 Å². The molecule has 1 heteroatoms. The molecule has 0 amide bonds. The molecule has 0 unspecified atom stereocenters. The van der Waals surface area contributed by atoms with E-state index >= 15 is 0 Å². The second kappa shape index (κ2) is 5.69. The van der Waals surface area contributed by atoms with Gasteiger partial charge < -0.3 is 5.11 Å². The number of aromatic hydroxyl groups is 1. The Balaban J connectivity index is 2.08. The van der Waals surface area contributed by atoms with Gasteiger partial charge in [-0.15, -0.1) is 0 Å². The molecule has 0 aliphatic carbocycles. The molecule has 0 aliphatic heterocycles. The fraction of sp³-hybridized carbons (Fsp3) is 0.143. The van der Waals surface area contributed by atoms with E-state index in [9.17, 15) is 5.11 Å². The summed E-state index contributed by atoms with van der Waals surface area (Å²) in [6, 6.07) is 20.5. The second-order valence-corrected chi connectivity index (χ2v) is 5.89. The monoisotopic (exact) mass is 288 g/mol. The van der Waals surface area contributed by atoms with Crippen LogP contribution in [0.2, 0.25) is 0 Å². The first-order chi connectivity index (χ1) is 10.5. The smallest absolute Gasteiger partial charge is 0.115 e. The summed E-state index contributed by atoms with van der Waals surface area (Å²) in [6.45, 7) is 6.40. The molecular weight excluding hydrogens is 268 g/mol. The zero-order valence-corrected chi connectivity index (χ0v) is 13.2. The third-order valence-electron chi connectivity index (χ3n) is 4.11. The van der Waals surface area contributed by atoms with E-state index in [1.807, 2.05) is 12.1 Å². The highest BCUT2D eigenvalue weighted by Gasteiger charge is 2.08. The summed E-state index contributed by atoms with van der Waals surface area (Å²) < 4.78 is 0. The van der Waals surface area contributed by atoms with Crippen molar-refractivity contribution in [3.05, 3.63) is 77.4 Å². The van der Waals surface area contributed by atoms with E-state index in [0.717, 1.165) is 5.56 Å². The van der Waals surface area contributed by atoms with Gasteiger partial charge in [-0.2, -0.15) is 0 Å².